The summed E-state index contributed by atoms with van der Waals surface area (Å²) >= 11 is 1.70. The van der Waals surface area contributed by atoms with Gasteiger partial charge in [-0.25, -0.2) is 9.97 Å². The van der Waals surface area contributed by atoms with Gasteiger partial charge < -0.3 is 19.4 Å². The Labute approximate surface area is 176 Å². The van der Waals surface area contributed by atoms with E-state index in [1.807, 2.05) is 0 Å². The number of morpholine rings is 1. The molecule has 1 aliphatic heterocycles. The van der Waals surface area contributed by atoms with E-state index in [-0.39, 0.29) is 6.10 Å². The number of fused-ring (bicyclic) bond motifs is 1. The zero-order valence-corrected chi connectivity index (χ0v) is 18.4. The molecule has 0 bridgehead atoms. The van der Waals surface area contributed by atoms with Gasteiger partial charge in [-0.15, -0.1) is 11.3 Å². The second-order valence-corrected chi connectivity index (χ2v) is 8.96. The molecule has 0 amide bonds. The molecule has 0 saturated carbocycles. The lowest BCUT2D eigenvalue weighted by atomic mass is 10.1. The zero-order valence-electron chi connectivity index (χ0n) is 17.6. The van der Waals surface area contributed by atoms with Crippen molar-refractivity contribution in [2.75, 3.05) is 59.3 Å². The molecular weight excluding hydrogens is 382 g/mol. The van der Waals surface area contributed by atoms with Crippen LogP contribution in [-0.4, -0.2) is 80.3 Å². The van der Waals surface area contributed by atoms with Gasteiger partial charge in [-0.05, 0) is 33.8 Å². The quantitative estimate of drug-likeness (QED) is 0.621. The van der Waals surface area contributed by atoms with Crippen LogP contribution in [0, 0.1) is 0 Å². The van der Waals surface area contributed by atoms with Crippen LogP contribution in [0.3, 0.4) is 0 Å². The number of rotatable bonds is 6. The maximum absolute atomic E-state index is 6.01. The van der Waals surface area contributed by atoms with Gasteiger partial charge in [0.2, 0.25) is 0 Å². The molecule has 29 heavy (non-hydrogen) atoms. The normalized spacial score (nSPS) is 17.6. The Balaban J connectivity index is 1.80. The summed E-state index contributed by atoms with van der Waals surface area (Å²) in [5.74, 6) is 1.91. The molecule has 3 heterocycles. The monoisotopic (exact) mass is 411 g/mol. The molecule has 0 aliphatic carbocycles. The summed E-state index contributed by atoms with van der Waals surface area (Å²) in [6, 6.07) is 10.5. The van der Waals surface area contributed by atoms with Gasteiger partial charge in [0, 0.05) is 30.6 Å². The van der Waals surface area contributed by atoms with Crippen LogP contribution in [0.4, 0.5) is 5.82 Å². The highest BCUT2D eigenvalue weighted by atomic mass is 32.1. The minimum atomic E-state index is 0.180. The van der Waals surface area contributed by atoms with Crippen LogP contribution in [0.25, 0.3) is 21.3 Å². The Hall–Kier alpha value is -2.06. The molecule has 1 atom stereocenters. The molecule has 1 unspecified atom stereocenters. The van der Waals surface area contributed by atoms with Gasteiger partial charge >= 0.3 is 0 Å². The van der Waals surface area contributed by atoms with Crippen molar-refractivity contribution >= 4 is 27.4 Å². The summed E-state index contributed by atoms with van der Waals surface area (Å²) in [7, 11) is 8.29. The van der Waals surface area contributed by atoms with Crippen molar-refractivity contribution in [2.24, 2.45) is 0 Å². The fourth-order valence-corrected chi connectivity index (χ4v) is 4.77. The van der Waals surface area contributed by atoms with Gasteiger partial charge in [0.05, 0.1) is 24.6 Å². The third-order valence-corrected chi connectivity index (χ3v) is 5.88. The van der Waals surface area contributed by atoms with Gasteiger partial charge in [0.15, 0.2) is 0 Å². The van der Waals surface area contributed by atoms with Crippen LogP contribution >= 0.6 is 11.3 Å². The Morgan fingerprint density at radius 3 is 2.62 bits per heavy atom. The van der Waals surface area contributed by atoms with Crippen molar-refractivity contribution in [2.45, 2.75) is 12.6 Å². The fourth-order valence-electron chi connectivity index (χ4n) is 3.81. The Morgan fingerprint density at radius 2 is 1.90 bits per heavy atom. The summed E-state index contributed by atoms with van der Waals surface area (Å²) in [6.07, 6.45) is 0.180. The summed E-state index contributed by atoms with van der Waals surface area (Å²) in [4.78, 5) is 17.7. The Bertz CT molecular complexity index is 956. The number of thiophene rings is 1. The molecule has 7 heteroatoms. The van der Waals surface area contributed by atoms with Crippen LogP contribution in [-0.2, 0) is 11.3 Å². The standard InChI is InChI=1S/C22H29N5OS/c1-25(2)12-17-13-27(10-11-28-17)21-20-18(16-8-6-5-7-9-16)15-29-22(20)24-19(23-21)14-26(3)4/h5-9,15,17H,10-14H2,1-4H3. The number of nitrogens with zero attached hydrogens (tertiary/aromatic N) is 5. The van der Waals surface area contributed by atoms with Crippen molar-refractivity contribution in [3.8, 4) is 11.1 Å². The summed E-state index contributed by atoms with van der Waals surface area (Å²) in [5.41, 5.74) is 2.43. The number of benzene rings is 1. The minimum Gasteiger partial charge on any atom is -0.373 e. The average Bonchev–Trinajstić information content (AvgIpc) is 3.11. The Kier molecular flexibility index (Phi) is 6.10. The summed E-state index contributed by atoms with van der Waals surface area (Å²) < 4.78 is 6.01. The lowest BCUT2D eigenvalue weighted by Gasteiger charge is -2.35. The number of hydrogen-bond donors (Lipinski definition) is 0. The first kappa shape index (κ1) is 20.2. The van der Waals surface area contributed by atoms with Crippen LogP contribution in [0.2, 0.25) is 0 Å². The van der Waals surface area contributed by atoms with E-state index in [9.17, 15) is 0 Å². The SMILES string of the molecule is CN(C)Cc1nc(N2CCOC(CN(C)C)C2)c2c(-c3ccccc3)csc2n1. The molecule has 1 saturated heterocycles. The number of anilines is 1. The van der Waals surface area contributed by atoms with Gasteiger partial charge in [-0.2, -0.15) is 0 Å². The van der Waals surface area contributed by atoms with Crippen LogP contribution in [0.15, 0.2) is 35.7 Å². The maximum atomic E-state index is 6.01. The molecule has 154 valence electrons. The lowest BCUT2D eigenvalue weighted by molar-refractivity contribution is 0.0246. The van der Waals surface area contributed by atoms with Crippen LogP contribution in [0.5, 0.6) is 0 Å². The van der Waals surface area contributed by atoms with E-state index < -0.39 is 0 Å². The molecule has 3 aromatic rings. The first-order valence-corrected chi connectivity index (χ1v) is 10.9. The molecular formula is C22H29N5OS. The van der Waals surface area contributed by atoms with E-state index in [0.29, 0.717) is 0 Å². The maximum Gasteiger partial charge on any atom is 0.146 e. The van der Waals surface area contributed by atoms with E-state index in [1.54, 1.807) is 11.3 Å². The number of likely N-dealkylation sites (N-methyl/N-ethyl adjacent to an activating group) is 1. The van der Waals surface area contributed by atoms with E-state index in [1.165, 1.54) is 11.1 Å². The largest absolute Gasteiger partial charge is 0.373 e. The molecule has 1 aromatic carbocycles. The molecule has 0 N–H and O–H groups in total. The molecule has 0 spiro atoms. The predicted octanol–water partition coefficient (Wildman–Crippen LogP) is 3.19. The minimum absolute atomic E-state index is 0.180. The fraction of sp³-hybridized carbons (Fsp3) is 0.455. The first-order chi connectivity index (χ1) is 14.0. The van der Waals surface area contributed by atoms with Gasteiger partial charge in [-0.3, -0.25) is 0 Å². The van der Waals surface area contributed by atoms with Gasteiger partial charge in [-0.1, -0.05) is 30.3 Å². The first-order valence-electron chi connectivity index (χ1n) is 10.0. The van der Waals surface area contributed by atoms with Crippen molar-refractivity contribution in [3.05, 3.63) is 41.5 Å². The average molecular weight is 412 g/mol. The number of ether oxygens (including phenoxy) is 1. The zero-order chi connectivity index (χ0) is 20.4. The van der Waals surface area contributed by atoms with Crippen LogP contribution in [0.1, 0.15) is 5.82 Å². The van der Waals surface area contributed by atoms with Gasteiger partial charge in [0.25, 0.3) is 0 Å². The van der Waals surface area contributed by atoms with Gasteiger partial charge in [0.1, 0.15) is 16.5 Å². The number of hydrogen-bond acceptors (Lipinski definition) is 7. The topological polar surface area (TPSA) is 44.7 Å². The van der Waals surface area contributed by atoms with Crippen molar-refractivity contribution in [1.82, 2.24) is 19.8 Å². The molecule has 1 aliphatic rings. The predicted molar refractivity (Wildman–Crippen MR) is 121 cm³/mol. The van der Waals surface area contributed by atoms with E-state index in [0.717, 1.165) is 54.6 Å². The van der Waals surface area contributed by atoms with E-state index in [4.69, 9.17) is 14.7 Å². The van der Waals surface area contributed by atoms with Crippen LogP contribution < -0.4 is 4.90 Å². The Morgan fingerprint density at radius 1 is 1.10 bits per heavy atom. The lowest BCUT2D eigenvalue weighted by Crippen LogP contribution is -2.47. The van der Waals surface area contributed by atoms with Crippen molar-refractivity contribution in [3.63, 3.8) is 0 Å². The van der Waals surface area contributed by atoms with E-state index >= 15 is 0 Å². The summed E-state index contributed by atoms with van der Waals surface area (Å²) in [6.45, 7) is 4.05. The second kappa shape index (κ2) is 8.75. The molecule has 2 aromatic heterocycles. The smallest absolute Gasteiger partial charge is 0.146 e. The third kappa shape index (κ3) is 4.59. The van der Waals surface area contributed by atoms with E-state index in [2.05, 4.69) is 78.6 Å². The third-order valence-electron chi connectivity index (χ3n) is 5.01. The highest BCUT2D eigenvalue weighted by Gasteiger charge is 2.26. The molecule has 6 nitrogen and oxygen atoms in total. The highest BCUT2D eigenvalue weighted by Crippen LogP contribution is 2.38. The highest BCUT2D eigenvalue weighted by molar-refractivity contribution is 7.17. The molecule has 0 radical (unpaired) electrons. The second-order valence-electron chi connectivity index (χ2n) is 8.10. The number of aromatic nitrogens is 2. The molecule has 4 rings (SSSR count). The summed E-state index contributed by atoms with van der Waals surface area (Å²) in [5, 5.41) is 3.38. The van der Waals surface area contributed by atoms with Crippen molar-refractivity contribution < 1.29 is 4.74 Å². The van der Waals surface area contributed by atoms with Crippen molar-refractivity contribution in [1.29, 1.82) is 0 Å². The molecule has 1 fully saturated rings.